The third-order valence-electron chi connectivity index (χ3n) is 4.05. The summed E-state index contributed by atoms with van der Waals surface area (Å²) >= 11 is 0. The predicted molar refractivity (Wildman–Crippen MR) is 103 cm³/mol. The molecule has 0 aliphatic heterocycles. The molecule has 0 amide bonds. The number of ether oxygens (including phenoxy) is 1. The minimum atomic E-state index is -0.549. The van der Waals surface area contributed by atoms with Crippen molar-refractivity contribution in [1.82, 2.24) is 0 Å². The summed E-state index contributed by atoms with van der Waals surface area (Å²) in [7, 11) is 0. The van der Waals surface area contributed by atoms with Crippen LogP contribution < -0.4 is 4.74 Å². The van der Waals surface area contributed by atoms with Crippen LogP contribution in [0.1, 0.15) is 48.7 Å². The van der Waals surface area contributed by atoms with Crippen LogP contribution >= 0.6 is 0 Å². The summed E-state index contributed by atoms with van der Waals surface area (Å²) in [5, 5.41) is 19.6. The van der Waals surface area contributed by atoms with E-state index in [1.165, 1.54) is 13.0 Å². The fraction of sp³-hybridized carbons (Fsp3) is 0.273. The molecule has 142 valence electrons. The van der Waals surface area contributed by atoms with Crippen LogP contribution in [-0.4, -0.2) is 22.0 Å². The zero-order valence-electron chi connectivity index (χ0n) is 15.8. The summed E-state index contributed by atoms with van der Waals surface area (Å²) in [5.74, 6) is -0.784. The lowest BCUT2D eigenvalue weighted by Gasteiger charge is -2.14. The molecule has 2 aromatic rings. The monoisotopic (exact) mass is 368 g/mol. The molecule has 0 spiro atoms. The maximum Gasteiger partial charge on any atom is 0.308 e. The van der Waals surface area contributed by atoms with Gasteiger partial charge in [0.05, 0.1) is 0 Å². The summed E-state index contributed by atoms with van der Waals surface area (Å²) in [6.07, 6.45) is 3.03. The van der Waals surface area contributed by atoms with E-state index in [0.29, 0.717) is 18.4 Å². The van der Waals surface area contributed by atoms with Crippen LogP contribution in [0.15, 0.2) is 48.0 Å². The van der Waals surface area contributed by atoms with Crippen LogP contribution in [0.25, 0.3) is 0 Å². The number of allylic oxidation sites excluding steroid dienone is 2. The second kappa shape index (κ2) is 9.03. The summed E-state index contributed by atoms with van der Waals surface area (Å²) in [4.78, 5) is 24.3. The van der Waals surface area contributed by atoms with Crippen LogP contribution in [0.3, 0.4) is 0 Å². The minimum absolute atomic E-state index is 0.0311. The number of phenols is 2. The normalized spacial score (nSPS) is 10.3. The molecule has 2 rings (SSSR count). The van der Waals surface area contributed by atoms with E-state index in [-0.39, 0.29) is 35.0 Å². The number of hydrogen-bond acceptors (Lipinski definition) is 5. The van der Waals surface area contributed by atoms with Crippen LogP contribution in [0.4, 0.5) is 0 Å². The highest BCUT2D eigenvalue weighted by Gasteiger charge is 2.22. The molecule has 0 unspecified atom stereocenters. The second-order valence-corrected chi connectivity index (χ2v) is 6.62. The molecule has 2 aromatic carbocycles. The predicted octanol–water partition coefficient (Wildman–Crippen LogP) is 4.35. The van der Waals surface area contributed by atoms with Gasteiger partial charge in [-0.2, -0.15) is 0 Å². The summed E-state index contributed by atoms with van der Waals surface area (Å²) in [6, 6.07) is 9.70. The smallest absolute Gasteiger partial charge is 0.308 e. The average molecular weight is 368 g/mol. The van der Waals surface area contributed by atoms with Gasteiger partial charge in [-0.1, -0.05) is 29.8 Å². The second-order valence-electron chi connectivity index (χ2n) is 6.62. The van der Waals surface area contributed by atoms with Gasteiger partial charge in [0, 0.05) is 13.3 Å². The van der Waals surface area contributed by atoms with Crippen LogP contribution in [0, 0.1) is 0 Å². The Morgan fingerprint density at radius 3 is 2.26 bits per heavy atom. The fourth-order valence-electron chi connectivity index (χ4n) is 2.67. The van der Waals surface area contributed by atoms with E-state index in [1.807, 2.05) is 19.9 Å². The molecule has 2 N–H and O–H groups in total. The standard InChI is InChI=1S/C22H24O5/c1-14(2)4-8-17-9-13-20(26)21(22(17)27-15(3)23)19(25)12-7-16-5-10-18(24)11-6-16/h4-6,9-11,13,24,26H,7-8,12H2,1-3H3. The average Bonchev–Trinajstić information content (AvgIpc) is 2.60. The van der Waals surface area contributed by atoms with Gasteiger partial charge in [0.15, 0.2) is 5.78 Å². The van der Waals surface area contributed by atoms with Crippen LogP contribution in [-0.2, 0) is 17.6 Å². The number of ketones is 1. The number of carbonyl (C=O) groups excluding carboxylic acids is 2. The largest absolute Gasteiger partial charge is 0.508 e. The first-order valence-electron chi connectivity index (χ1n) is 8.75. The van der Waals surface area contributed by atoms with Crippen molar-refractivity contribution < 1.29 is 24.5 Å². The van der Waals surface area contributed by atoms with Crippen molar-refractivity contribution in [3.8, 4) is 17.2 Å². The molecule has 27 heavy (non-hydrogen) atoms. The first-order valence-corrected chi connectivity index (χ1v) is 8.75. The molecule has 0 aromatic heterocycles. The lowest BCUT2D eigenvalue weighted by molar-refractivity contribution is -0.131. The SMILES string of the molecule is CC(=O)Oc1c(CC=C(C)C)ccc(O)c1C(=O)CCc1ccc(O)cc1. The van der Waals surface area contributed by atoms with E-state index >= 15 is 0 Å². The van der Waals surface area contributed by atoms with Crippen molar-refractivity contribution >= 4 is 11.8 Å². The van der Waals surface area contributed by atoms with E-state index in [1.54, 1.807) is 30.3 Å². The van der Waals surface area contributed by atoms with Gasteiger partial charge >= 0.3 is 5.97 Å². The van der Waals surface area contributed by atoms with E-state index in [0.717, 1.165) is 11.1 Å². The summed E-state index contributed by atoms with van der Waals surface area (Å²) in [5.41, 5.74) is 2.67. The van der Waals surface area contributed by atoms with Crippen LogP contribution in [0.5, 0.6) is 17.2 Å². The summed E-state index contributed by atoms with van der Waals surface area (Å²) in [6.45, 7) is 5.17. The van der Waals surface area contributed by atoms with Gasteiger partial charge in [0.2, 0.25) is 0 Å². The Kier molecular flexibility index (Phi) is 6.77. The van der Waals surface area contributed by atoms with E-state index in [2.05, 4.69) is 0 Å². The molecule has 0 saturated carbocycles. The number of aryl methyl sites for hydroxylation is 1. The van der Waals surface area contributed by atoms with Gasteiger partial charge in [-0.3, -0.25) is 9.59 Å². The van der Waals surface area contributed by atoms with Gasteiger partial charge in [-0.05, 0) is 56.0 Å². The first-order chi connectivity index (χ1) is 12.8. The number of benzene rings is 2. The molecule has 0 aliphatic carbocycles. The molecule has 0 heterocycles. The molecule has 5 heteroatoms. The highest BCUT2D eigenvalue weighted by molar-refractivity contribution is 6.02. The quantitative estimate of drug-likeness (QED) is 0.329. The lowest BCUT2D eigenvalue weighted by atomic mass is 9.97. The first kappa shape index (κ1) is 20.2. The van der Waals surface area contributed by atoms with Gasteiger partial charge in [0.25, 0.3) is 0 Å². The minimum Gasteiger partial charge on any atom is -0.508 e. The van der Waals surface area contributed by atoms with Gasteiger partial charge in [-0.25, -0.2) is 0 Å². The van der Waals surface area contributed by atoms with Crippen molar-refractivity contribution in [2.24, 2.45) is 0 Å². The van der Waals surface area contributed by atoms with Crippen molar-refractivity contribution in [2.75, 3.05) is 0 Å². The number of aromatic hydroxyl groups is 2. The molecule has 5 nitrogen and oxygen atoms in total. The highest BCUT2D eigenvalue weighted by atomic mass is 16.5. The van der Waals surface area contributed by atoms with Gasteiger partial charge in [0.1, 0.15) is 22.8 Å². The van der Waals surface area contributed by atoms with E-state index in [4.69, 9.17) is 4.74 Å². The van der Waals surface area contributed by atoms with E-state index < -0.39 is 5.97 Å². The molecule has 0 aliphatic rings. The highest BCUT2D eigenvalue weighted by Crippen LogP contribution is 2.34. The molecule has 0 atom stereocenters. The Labute approximate surface area is 158 Å². The van der Waals surface area contributed by atoms with Crippen LogP contribution in [0.2, 0.25) is 0 Å². The molecule has 0 fully saturated rings. The number of esters is 1. The molecule has 0 radical (unpaired) electrons. The third kappa shape index (κ3) is 5.71. The van der Waals surface area contributed by atoms with Crippen molar-refractivity contribution in [2.45, 2.75) is 40.0 Å². The zero-order chi connectivity index (χ0) is 20.0. The molecular formula is C22H24O5. The third-order valence-corrected chi connectivity index (χ3v) is 4.05. The Bertz CT molecular complexity index is 859. The Hall–Kier alpha value is -3.08. The number of Topliss-reactive ketones (excluding diaryl/α,β-unsaturated/α-hetero) is 1. The lowest BCUT2D eigenvalue weighted by Crippen LogP contribution is -2.11. The maximum atomic E-state index is 12.8. The fourth-order valence-corrected chi connectivity index (χ4v) is 2.67. The maximum absolute atomic E-state index is 12.8. The number of phenolic OH excluding ortho intramolecular Hbond substituents is 2. The summed E-state index contributed by atoms with van der Waals surface area (Å²) < 4.78 is 5.30. The van der Waals surface area contributed by atoms with Crippen molar-refractivity contribution in [3.05, 3.63) is 64.7 Å². The number of rotatable bonds is 7. The Morgan fingerprint density at radius 2 is 1.67 bits per heavy atom. The van der Waals surface area contributed by atoms with Gasteiger partial charge in [-0.15, -0.1) is 0 Å². The van der Waals surface area contributed by atoms with Crippen molar-refractivity contribution in [3.63, 3.8) is 0 Å². The number of carbonyl (C=O) groups is 2. The molecule has 0 bridgehead atoms. The topological polar surface area (TPSA) is 83.8 Å². The zero-order valence-corrected chi connectivity index (χ0v) is 15.8. The Morgan fingerprint density at radius 1 is 1.00 bits per heavy atom. The van der Waals surface area contributed by atoms with E-state index in [9.17, 15) is 19.8 Å². The Balaban J connectivity index is 2.32. The molecule has 0 saturated heterocycles. The van der Waals surface area contributed by atoms with Crippen molar-refractivity contribution in [1.29, 1.82) is 0 Å². The van der Waals surface area contributed by atoms with Gasteiger partial charge < -0.3 is 14.9 Å². The molecular weight excluding hydrogens is 344 g/mol. The number of hydrogen-bond donors (Lipinski definition) is 2.